The summed E-state index contributed by atoms with van der Waals surface area (Å²) in [6, 6.07) is 6.28. The maximum Gasteiger partial charge on any atom is 0.0893 e. The van der Waals surface area contributed by atoms with Crippen molar-refractivity contribution in [2.24, 2.45) is 0 Å². The largest absolute Gasteiger partial charge is 0.248 e. The number of fused-ring (bicyclic) bond motifs is 1. The van der Waals surface area contributed by atoms with Crippen LogP contribution in [0.4, 0.5) is 0 Å². The van der Waals surface area contributed by atoms with Gasteiger partial charge < -0.3 is 0 Å². The fraction of sp³-hybridized carbons (Fsp3) is 0.429. The summed E-state index contributed by atoms with van der Waals surface area (Å²) >= 11 is 3.70. The highest BCUT2D eigenvalue weighted by Crippen LogP contribution is 2.21. The Labute approximate surface area is 117 Å². The van der Waals surface area contributed by atoms with Crippen LogP contribution in [0.2, 0.25) is 0 Å². The minimum Gasteiger partial charge on any atom is -0.248 e. The number of benzene rings is 1. The van der Waals surface area contributed by atoms with E-state index >= 15 is 0 Å². The maximum absolute atomic E-state index is 4.80. The van der Waals surface area contributed by atoms with Crippen LogP contribution < -0.4 is 0 Å². The van der Waals surface area contributed by atoms with E-state index in [1.54, 1.807) is 11.8 Å². The zero-order valence-corrected chi connectivity index (χ0v) is 12.7. The lowest BCUT2D eigenvalue weighted by Gasteiger charge is -2.09. The van der Waals surface area contributed by atoms with E-state index in [0.717, 1.165) is 39.7 Å². The van der Waals surface area contributed by atoms with Crippen molar-refractivity contribution in [2.45, 2.75) is 25.4 Å². The third-order valence-corrected chi connectivity index (χ3v) is 4.15. The smallest absolute Gasteiger partial charge is 0.0893 e. The summed E-state index contributed by atoms with van der Waals surface area (Å²) in [5.41, 5.74) is 5.55. The molecule has 0 aliphatic carbocycles. The molecule has 0 fully saturated rings. The Morgan fingerprint density at radius 2 is 1.78 bits per heavy atom. The molecule has 18 heavy (non-hydrogen) atoms. The van der Waals surface area contributed by atoms with Crippen molar-refractivity contribution >= 4 is 34.6 Å². The van der Waals surface area contributed by atoms with Gasteiger partial charge in [0.05, 0.1) is 22.4 Å². The zero-order valence-electron chi connectivity index (χ0n) is 11.1. The van der Waals surface area contributed by atoms with E-state index in [-0.39, 0.29) is 0 Å². The third-order valence-electron chi connectivity index (χ3n) is 2.70. The normalized spacial score (nSPS) is 11.1. The van der Waals surface area contributed by atoms with Crippen molar-refractivity contribution in [1.29, 1.82) is 0 Å². The van der Waals surface area contributed by atoms with Gasteiger partial charge in [0.15, 0.2) is 0 Å². The van der Waals surface area contributed by atoms with Crippen molar-refractivity contribution in [3.05, 3.63) is 35.2 Å². The summed E-state index contributed by atoms with van der Waals surface area (Å²) in [4.78, 5) is 9.56. The molecule has 2 aromatic rings. The highest BCUT2D eigenvalue weighted by molar-refractivity contribution is 7.98. The van der Waals surface area contributed by atoms with E-state index in [1.807, 2.05) is 11.8 Å². The third kappa shape index (κ3) is 3.18. The van der Waals surface area contributed by atoms with Gasteiger partial charge in [-0.2, -0.15) is 23.5 Å². The number of aryl methyl sites for hydroxylation is 1. The second-order valence-corrected chi connectivity index (χ2v) is 6.32. The molecular formula is C14H18N2S2. The van der Waals surface area contributed by atoms with Crippen LogP contribution >= 0.6 is 23.5 Å². The van der Waals surface area contributed by atoms with E-state index in [4.69, 9.17) is 9.97 Å². The van der Waals surface area contributed by atoms with Crippen molar-refractivity contribution in [1.82, 2.24) is 9.97 Å². The van der Waals surface area contributed by atoms with E-state index in [2.05, 4.69) is 38.3 Å². The molecule has 1 aromatic carbocycles. The molecule has 0 radical (unpaired) electrons. The number of rotatable bonds is 5. The van der Waals surface area contributed by atoms with Gasteiger partial charge in [0.2, 0.25) is 0 Å². The van der Waals surface area contributed by atoms with E-state index < -0.39 is 0 Å². The van der Waals surface area contributed by atoms with Gasteiger partial charge in [-0.1, -0.05) is 13.0 Å². The molecule has 2 nitrogen and oxygen atoms in total. The van der Waals surface area contributed by atoms with Gasteiger partial charge in [-0.05, 0) is 36.6 Å². The predicted molar refractivity (Wildman–Crippen MR) is 83.3 cm³/mol. The van der Waals surface area contributed by atoms with Crippen molar-refractivity contribution in [3.63, 3.8) is 0 Å². The van der Waals surface area contributed by atoms with Crippen LogP contribution in [-0.2, 0) is 11.5 Å². The van der Waals surface area contributed by atoms with Crippen LogP contribution in [0.3, 0.4) is 0 Å². The maximum atomic E-state index is 4.80. The van der Waals surface area contributed by atoms with Crippen LogP contribution in [0.1, 0.15) is 23.9 Å². The van der Waals surface area contributed by atoms with Gasteiger partial charge in [0.25, 0.3) is 0 Å². The summed E-state index contributed by atoms with van der Waals surface area (Å²) < 4.78 is 0. The highest BCUT2D eigenvalue weighted by atomic mass is 32.2. The Morgan fingerprint density at radius 3 is 2.50 bits per heavy atom. The van der Waals surface area contributed by atoms with Gasteiger partial charge >= 0.3 is 0 Å². The topological polar surface area (TPSA) is 25.8 Å². The molecule has 2 rings (SSSR count). The first-order chi connectivity index (χ1) is 8.74. The molecule has 1 aromatic heterocycles. The molecule has 4 heteroatoms. The second-order valence-electron chi connectivity index (χ2n) is 4.18. The fourth-order valence-corrected chi connectivity index (χ4v) is 2.94. The summed E-state index contributed by atoms with van der Waals surface area (Å²) in [5.74, 6) is 3.02. The molecule has 0 spiro atoms. The SMILES string of the molecule is CCSCc1nc2cc(C)ccc2nc1CSC. The molecule has 1 heterocycles. The van der Waals surface area contributed by atoms with E-state index in [9.17, 15) is 0 Å². The molecule has 0 aliphatic rings. The monoisotopic (exact) mass is 278 g/mol. The molecule has 0 saturated heterocycles. The van der Waals surface area contributed by atoms with Crippen LogP contribution in [0.25, 0.3) is 11.0 Å². The van der Waals surface area contributed by atoms with Gasteiger partial charge in [-0.25, -0.2) is 9.97 Å². The van der Waals surface area contributed by atoms with Gasteiger partial charge in [-0.3, -0.25) is 0 Å². The van der Waals surface area contributed by atoms with E-state index in [0.29, 0.717) is 0 Å². The van der Waals surface area contributed by atoms with Crippen LogP contribution in [0.15, 0.2) is 18.2 Å². The minimum absolute atomic E-state index is 0.941. The average Bonchev–Trinajstić information content (AvgIpc) is 2.37. The molecule has 0 unspecified atom stereocenters. The van der Waals surface area contributed by atoms with Crippen LogP contribution in [0.5, 0.6) is 0 Å². The van der Waals surface area contributed by atoms with Gasteiger partial charge in [0, 0.05) is 11.5 Å². The van der Waals surface area contributed by atoms with Crippen LogP contribution in [0, 0.1) is 6.92 Å². The Bertz CT molecular complexity index is 541. The van der Waals surface area contributed by atoms with Crippen LogP contribution in [-0.4, -0.2) is 22.0 Å². The first kappa shape index (κ1) is 13.7. The molecule has 0 saturated carbocycles. The summed E-state index contributed by atoms with van der Waals surface area (Å²) in [5, 5.41) is 0. The summed E-state index contributed by atoms with van der Waals surface area (Å²) in [7, 11) is 0. The minimum atomic E-state index is 0.941. The number of hydrogen-bond donors (Lipinski definition) is 0. The predicted octanol–water partition coefficient (Wildman–Crippen LogP) is 4.05. The highest BCUT2D eigenvalue weighted by Gasteiger charge is 2.08. The standard InChI is InChI=1S/C14H18N2S2/c1-4-18-9-14-13(8-17-3)15-11-6-5-10(2)7-12(11)16-14/h5-7H,4,8-9H2,1-3H3. The molecule has 0 atom stereocenters. The Morgan fingerprint density at radius 1 is 1.06 bits per heavy atom. The van der Waals surface area contributed by atoms with Crippen molar-refractivity contribution < 1.29 is 0 Å². The second kappa shape index (κ2) is 6.43. The summed E-state index contributed by atoms with van der Waals surface area (Å²) in [6.07, 6.45) is 2.11. The lowest BCUT2D eigenvalue weighted by atomic mass is 10.2. The van der Waals surface area contributed by atoms with Gasteiger partial charge in [-0.15, -0.1) is 0 Å². The Kier molecular flexibility index (Phi) is 4.89. The number of thioether (sulfide) groups is 2. The molecule has 0 bridgehead atoms. The van der Waals surface area contributed by atoms with Gasteiger partial charge in [0.1, 0.15) is 0 Å². The quantitative estimate of drug-likeness (QED) is 0.824. The molecule has 0 amide bonds. The molecule has 96 valence electrons. The Hall–Kier alpha value is -0.740. The molecular weight excluding hydrogens is 260 g/mol. The van der Waals surface area contributed by atoms with E-state index in [1.165, 1.54) is 5.56 Å². The average molecular weight is 278 g/mol. The number of aromatic nitrogens is 2. The zero-order chi connectivity index (χ0) is 13.0. The summed E-state index contributed by atoms with van der Waals surface area (Å²) in [6.45, 7) is 4.27. The lowest BCUT2D eigenvalue weighted by Crippen LogP contribution is -2.00. The Balaban J connectivity index is 2.46. The number of hydrogen-bond acceptors (Lipinski definition) is 4. The lowest BCUT2D eigenvalue weighted by molar-refractivity contribution is 1.07. The molecule has 0 aliphatic heterocycles. The fourth-order valence-electron chi connectivity index (χ4n) is 1.80. The first-order valence-corrected chi connectivity index (χ1v) is 8.62. The van der Waals surface area contributed by atoms with Crippen molar-refractivity contribution in [3.8, 4) is 0 Å². The molecule has 0 N–H and O–H groups in total. The first-order valence-electron chi connectivity index (χ1n) is 6.07. The number of nitrogens with zero attached hydrogens (tertiary/aromatic N) is 2. The van der Waals surface area contributed by atoms with Crippen molar-refractivity contribution in [2.75, 3.05) is 12.0 Å².